The second-order valence-corrected chi connectivity index (χ2v) is 5.82. The highest BCUT2D eigenvalue weighted by Gasteiger charge is 2.12. The van der Waals surface area contributed by atoms with E-state index in [-0.39, 0.29) is 12.4 Å². The number of aryl methyl sites for hydroxylation is 3. The number of hydrogen-bond donors (Lipinski definition) is 0. The van der Waals surface area contributed by atoms with Crippen molar-refractivity contribution in [3.8, 4) is 5.75 Å². The van der Waals surface area contributed by atoms with Crippen molar-refractivity contribution >= 4 is 17.1 Å². The third-order valence-electron chi connectivity index (χ3n) is 2.70. The van der Waals surface area contributed by atoms with Crippen LogP contribution in [0.4, 0.5) is 0 Å². The molecule has 2 rings (SSSR count). The van der Waals surface area contributed by atoms with E-state index in [2.05, 4.69) is 0 Å². The molecule has 0 radical (unpaired) electrons. The van der Waals surface area contributed by atoms with Crippen LogP contribution in [0.25, 0.3) is 0 Å². The van der Waals surface area contributed by atoms with Crippen molar-refractivity contribution in [3.05, 3.63) is 51.2 Å². The summed E-state index contributed by atoms with van der Waals surface area (Å²) in [5.74, 6) is 0.784. The number of Topliss-reactive ketones (excluding diaryl/α,β-unsaturated/α-hetero) is 1. The Hall–Kier alpha value is -1.61. The molecule has 0 atom stereocenters. The lowest BCUT2D eigenvalue weighted by molar-refractivity contribution is 0.0921. The van der Waals surface area contributed by atoms with Gasteiger partial charge < -0.3 is 4.74 Å². The smallest absolute Gasteiger partial charge is 0.201 e. The summed E-state index contributed by atoms with van der Waals surface area (Å²) in [6.07, 6.45) is 0. The number of carbonyl (C=O) groups excluding carboxylic acids is 1. The van der Waals surface area contributed by atoms with Crippen molar-refractivity contribution in [2.24, 2.45) is 0 Å². The van der Waals surface area contributed by atoms with Crippen LogP contribution < -0.4 is 4.74 Å². The van der Waals surface area contributed by atoms with E-state index in [0.717, 1.165) is 26.6 Å². The first-order valence-electron chi connectivity index (χ1n) is 5.86. The Balaban J connectivity index is 2.03. The van der Waals surface area contributed by atoms with E-state index >= 15 is 0 Å². The van der Waals surface area contributed by atoms with Gasteiger partial charge in [-0.3, -0.25) is 4.79 Å². The standard InChI is InChI=1S/C15H16O2S/c1-10-5-4-6-13(7-10)17-9-15(16)14-8-11(2)18-12(14)3/h4-8H,9H2,1-3H3. The molecule has 0 bridgehead atoms. The number of ketones is 1. The van der Waals surface area contributed by atoms with Gasteiger partial charge in [-0.2, -0.15) is 0 Å². The van der Waals surface area contributed by atoms with Crippen molar-refractivity contribution in [1.29, 1.82) is 0 Å². The SMILES string of the molecule is Cc1cccc(OCC(=O)c2cc(C)sc2C)c1. The van der Waals surface area contributed by atoms with Gasteiger partial charge in [0.25, 0.3) is 0 Å². The summed E-state index contributed by atoms with van der Waals surface area (Å²) in [6.45, 7) is 6.08. The summed E-state index contributed by atoms with van der Waals surface area (Å²) >= 11 is 1.65. The van der Waals surface area contributed by atoms with Gasteiger partial charge >= 0.3 is 0 Å². The molecule has 0 unspecified atom stereocenters. The second-order valence-electron chi connectivity index (χ2n) is 4.36. The Labute approximate surface area is 111 Å². The summed E-state index contributed by atoms with van der Waals surface area (Å²) in [7, 11) is 0. The highest BCUT2D eigenvalue weighted by atomic mass is 32.1. The zero-order chi connectivity index (χ0) is 13.1. The molecule has 1 aromatic heterocycles. The van der Waals surface area contributed by atoms with E-state index < -0.39 is 0 Å². The predicted molar refractivity (Wildman–Crippen MR) is 74.8 cm³/mol. The quantitative estimate of drug-likeness (QED) is 0.778. The second kappa shape index (κ2) is 5.36. The highest BCUT2D eigenvalue weighted by molar-refractivity contribution is 7.12. The van der Waals surface area contributed by atoms with Gasteiger partial charge in [-0.25, -0.2) is 0 Å². The molecule has 0 saturated heterocycles. The fourth-order valence-electron chi connectivity index (χ4n) is 1.84. The zero-order valence-corrected chi connectivity index (χ0v) is 11.6. The van der Waals surface area contributed by atoms with Gasteiger partial charge in [0.15, 0.2) is 6.61 Å². The molecule has 0 saturated carbocycles. The molecule has 18 heavy (non-hydrogen) atoms. The van der Waals surface area contributed by atoms with Crippen LogP contribution in [0.15, 0.2) is 30.3 Å². The Kier molecular flexibility index (Phi) is 3.82. The molecule has 0 aliphatic rings. The van der Waals surface area contributed by atoms with Crippen molar-refractivity contribution in [2.75, 3.05) is 6.61 Å². The van der Waals surface area contributed by atoms with E-state index in [0.29, 0.717) is 0 Å². The molecule has 0 spiro atoms. The average Bonchev–Trinajstić information content (AvgIpc) is 2.66. The van der Waals surface area contributed by atoms with Crippen LogP contribution in [-0.4, -0.2) is 12.4 Å². The minimum Gasteiger partial charge on any atom is -0.485 e. The van der Waals surface area contributed by atoms with Crippen molar-refractivity contribution in [2.45, 2.75) is 20.8 Å². The fraction of sp³-hybridized carbons (Fsp3) is 0.267. The summed E-state index contributed by atoms with van der Waals surface area (Å²) in [4.78, 5) is 14.2. The maximum Gasteiger partial charge on any atom is 0.201 e. The normalized spacial score (nSPS) is 10.4. The topological polar surface area (TPSA) is 26.3 Å². The maximum absolute atomic E-state index is 12.0. The molecule has 3 heteroatoms. The molecule has 1 aromatic carbocycles. The van der Waals surface area contributed by atoms with Crippen LogP contribution in [0.1, 0.15) is 25.7 Å². The minimum atomic E-state index is 0.0401. The van der Waals surface area contributed by atoms with E-state index in [1.165, 1.54) is 0 Å². The lowest BCUT2D eigenvalue weighted by Gasteiger charge is -2.05. The summed E-state index contributed by atoms with van der Waals surface area (Å²) in [5.41, 5.74) is 1.91. The van der Waals surface area contributed by atoms with Crippen LogP contribution in [0.3, 0.4) is 0 Å². The van der Waals surface area contributed by atoms with E-state index in [4.69, 9.17) is 4.74 Å². The Morgan fingerprint density at radius 3 is 2.61 bits per heavy atom. The number of rotatable bonds is 4. The lowest BCUT2D eigenvalue weighted by Crippen LogP contribution is -2.11. The molecule has 1 heterocycles. The molecule has 94 valence electrons. The first kappa shape index (κ1) is 12.8. The summed E-state index contributed by atoms with van der Waals surface area (Å²) in [5, 5.41) is 0. The molecule has 0 fully saturated rings. The molecule has 0 aliphatic heterocycles. The number of ether oxygens (including phenoxy) is 1. The van der Waals surface area contributed by atoms with Crippen LogP contribution >= 0.6 is 11.3 Å². The number of carbonyl (C=O) groups is 1. The highest BCUT2D eigenvalue weighted by Crippen LogP contribution is 2.21. The van der Waals surface area contributed by atoms with E-state index in [9.17, 15) is 4.79 Å². The predicted octanol–water partition coefficient (Wildman–Crippen LogP) is 3.94. The van der Waals surface area contributed by atoms with Gasteiger partial charge in [-0.05, 0) is 44.5 Å². The van der Waals surface area contributed by atoms with Gasteiger partial charge in [0.05, 0.1) is 0 Å². The molecular weight excluding hydrogens is 244 g/mol. The summed E-state index contributed by atoms with van der Waals surface area (Å²) < 4.78 is 5.52. The van der Waals surface area contributed by atoms with Gasteiger partial charge in [0.1, 0.15) is 5.75 Å². The molecule has 0 N–H and O–H groups in total. The number of hydrogen-bond acceptors (Lipinski definition) is 3. The van der Waals surface area contributed by atoms with Crippen molar-refractivity contribution < 1.29 is 9.53 Å². The molecule has 2 nitrogen and oxygen atoms in total. The molecule has 2 aromatic rings. The fourth-order valence-corrected chi connectivity index (χ4v) is 2.78. The monoisotopic (exact) mass is 260 g/mol. The Morgan fingerprint density at radius 1 is 1.22 bits per heavy atom. The number of thiophene rings is 1. The van der Waals surface area contributed by atoms with Crippen LogP contribution in [0, 0.1) is 20.8 Å². The molecule has 0 amide bonds. The van der Waals surface area contributed by atoms with Gasteiger partial charge in [0.2, 0.25) is 5.78 Å². The number of benzene rings is 1. The lowest BCUT2D eigenvalue weighted by atomic mass is 10.2. The van der Waals surface area contributed by atoms with Crippen molar-refractivity contribution in [1.82, 2.24) is 0 Å². The van der Waals surface area contributed by atoms with E-state index in [1.807, 2.05) is 51.1 Å². The molecule has 0 aliphatic carbocycles. The third kappa shape index (κ3) is 2.99. The van der Waals surface area contributed by atoms with E-state index in [1.54, 1.807) is 11.3 Å². The van der Waals surface area contributed by atoms with Crippen LogP contribution in [0.5, 0.6) is 5.75 Å². The Morgan fingerprint density at radius 2 is 2.00 bits per heavy atom. The van der Waals surface area contributed by atoms with Gasteiger partial charge in [-0.15, -0.1) is 11.3 Å². The van der Waals surface area contributed by atoms with Crippen LogP contribution in [0.2, 0.25) is 0 Å². The van der Waals surface area contributed by atoms with Crippen molar-refractivity contribution in [3.63, 3.8) is 0 Å². The Bertz CT molecular complexity index is 570. The first-order chi connectivity index (χ1) is 8.56. The van der Waals surface area contributed by atoms with Gasteiger partial charge in [0, 0.05) is 15.3 Å². The summed E-state index contributed by atoms with van der Waals surface area (Å²) in [6, 6.07) is 9.66. The third-order valence-corrected chi connectivity index (χ3v) is 3.67. The largest absolute Gasteiger partial charge is 0.485 e. The maximum atomic E-state index is 12.0. The van der Waals surface area contributed by atoms with Crippen LogP contribution in [-0.2, 0) is 0 Å². The van der Waals surface area contributed by atoms with Gasteiger partial charge in [-0.1, -0.05) is 12.1 Å². The average molecular weight is 260 g/mol. The molecular formula is C15H16O2S. The zero-order valence-electron chi connectivity index (χ0n) is 10.8. The minimum absolute atomic E-state index is 0.0401. The first-order valence-corrected chi connectivity index (χ1v) is 6.67.